The van der Waals surface area contributed by atoms with E-state index in [0.29, 0.717) is 11.7 Å². The van der Waals surface area contributed by atoms with Crippen molar-refractivity contribution in [3.05, 3.63) is 17.3 Å². The lowest BCUT2D eigenvalue weighted by atomic mass is 10.1. The van der Waals surface area contributed by atoms with Crippen LogP contribution in [0.3, 0.4) is 0 Å². The van der Waals surface area contributed by atoms with Gasteiger partial charge in [-0.25, -0.2) is 4.98 Å². The predicted molar refractivity (Wildman–Crippen MR) is 77.9 cm³/mol. The largest absolute Gasteiger partial charge is 0.460 e. The quantitative estimate of drug-likeness (QED) is 0.797. The van der Waals surface area contributed by atoms with E-state index < -0.39 is 11.5 Å². The molecule has 1 rings (SSSR count). The molecule has 0 saturated carbocycles. The number of esters is 1. The van der Waals surface area contributed by atoms with Crippen LogP contribution in [0.5, 0.6) is 0 Å². The van der Waals surface area contributed by atoms with Crippen molar-refractivity contribution >= 4 is 11.9 Å². The number of hydrogen-bond donors (Lipinski definition) is 0. The Bertz CT molecular complexity index is 528. The molecule has 6 heteroatoms. The van der Waals surface area contributed by atoms with E-state index in [4.69, 9.17) is 9.15 Å². The standard InChI is InChI=1S/C15H24N2O4/c1-9(14(19)21-15(4,5)6)8-17(7)13(18)12-10(2)20-11(3)16-12/h9H,8H2,1-7H3. The highest BCUT2D eigenvalue weighted by atomic mass is 16.6. The van der Waals surface area contributed by atoms with Crippen LogP contribution in [0.15, 0.2) is 4.42 Å². The number of carbonyl (C=O) groups is 2. The third kappa shape index (κ3) is 4.88. The third-order valence-corrected chi connectivity index (χ3v) is 2.81. The topological polar surface area (TPSA) is 72.6 Å². The molecule has 0 aliphatic carbocycles. The molecule has 6 nitrogen and oxygen atoms in total. The number of rotatable bonds is 4. The second-order valence-corrected chi connectivity index (χ2v) is 6.26. The second kappa shape index (κ2) is 6.28. The van der Waals surface area contributed by atoms with Gasteiger partial charge in [0.1, 0.15) is 11.4 Å². The van der Waals surface area contributed by atoms with E-state index in [2.05, 4.69) is 4.98 Å². The highest BCUT2D eigenvalue weighted by Crippen LogP contribution is 2.14. The number of oxazole rings is 1. The fourth-order valence-corrected chi connectivity index (χ4v) is 1.88. The first kappa shape index (κ1) is 17.2. The molecule has 118 valence electrons. The average Bonchev–Trinajstić information content (AvgIpc) is 2.65. The summed E-state index contributed by atoms with van der Waals surface area (Å²) in [7, 11) is 1.63. The summed E-state index contributed by atoms with van der Waals surface area (Å²) >= 11 is 0. The number of aromatic nitrogens is 1. The fraction of sp³-hybridized carbons (Fsp3) is 0.667. The van der Waals surface area contributed by atoms with Crippen molar-refractivity contribution in [3.63, 3.8) is 0 Å². The van der Waals surface area contributed by atoms with Gasteiger partial charge in [0.25, 0.3) is 5.91 Å². The molecule has 1 aromatic rings. The van der Waals surface area contributed by atoms with Gasteiger partial charge in [-0.2, -0.15) is 0 Å². The Hall–Kier alpha value is -1.85. The van der Waals surface area contributed by atoms with Crippen LogP contribution in [0.25, 0.3) is 0 Å². The third-order valence-electron chi connectivity index (χ3n) is 2.81. The number of nitrogens with zero attached hydrogens (tertiary/aromatic N) is 2. The number of carbonyl (C=O) groups excluding carboxylic acids is 2. The Labute approximate surface area is 125 Å². The molecule has 0 radical (unpaired) electrons. The Kier molecular flexibility index (Phi) is 5.15. The molecule has 21 heavy (non-hydrogen) atoms. The summed E-state index contributed by atoms with van der Waals surface area (Å²) in [5, 5.41) is 0. The predicted octanol–water partition coefficient (Wildman–Crippen LogP) is 2.34. The van der Waals surface area contributed by atoms with Crippen LogP contribution in [0.4, 0.5) is 0 Å². The summed E-state index contributed by atoms with van der Waals surface area (Å²) in [5.41, 5.74) is -0.250. The minimum Gasteiger partial charge on any atom is -0.460 e. The van der Waals surface area contributed by atoms with Crippen molar-refractivity contribution in [1.82, 2.24) is 9.88 Å². The van der Waals surface area contributed by atoms with Crippen LogP contribution in [0.1, 0.15) is 49.8 Å². The lowest BCUT2D eigenvalue weighted by Crippen LogP contribution is -2.37. The zero-order chi connectivity index (χ0) is 16.4. The van der Waals surface area contributed by atoms with Gasteiger partial charge in [0.15, 0.2) is 11.6 Å². The van der Waals surface area contributed by atoms with Gasteiger partial charge in [0.2, 0.25) is 0 Å². The first-order valence-electron chi connectivity index (χ1n) is 6.93. The SMILES string of the molecule is Cc1nc(C(=O)N(C)CC(C)C(=O)OC(C)(C)C)c(C)o1. The van der Waals surface area contributed by atoms with Crippen LogP contribution >= 0.6 is 0 Å². The van der Waals surface area contributed by atoms with Crippen molar-refractivity contribution in [1.29, 1.82) is 0 Å². The van der Waals surface area contributed by atoms with Crippen LogP contribution in [0, 0.1) is 19.8 Å². The first-order chi connectivity index (χ1) is 9.51. The zero-order valence-corrected chi connectivity index (χ0v) is 13.8. The molecular weight excluding hydrogens is 272 g/mol. The summed E-state index contributed by atoms with van der Waals surface area (Å²) in [5.74, 6) is -0.0693. The van der Waals surface area contributed by atoms with E-state index in [1.165, 1.54) is 4.90 Å². The van der Waals surface area contributed by atoms with Crippen LogP contribution < -0.4 is 0 Å². The molecule has 1 aromatic heterocycles. The van der Waals surface area contributed by atoms with Gasteiger partial charge in [-0.3, -0.25) is 9.59 Å². The summed E-state index contributed by atoms with van der Waals surface area (Å²) in [6.07, 6.45) is 0. The normalized spacial score (nSPS) is 12.9. The van der Waals surface area contributed by atoms with E-state index in [1.54, 1.807) is 27.8 Å². The summed E-state index contributed by atoms with van der Waals surface area (Å²) in [6.45, 7) is 10.8. The Morgan fingerprint density at radius 2 is 1.90 bits per heavy atom. The molecule has 0 bridgehead atoms. The lowest BCUT2D eigenvalue weighted by Gasteiger charge is -2.24. The maximum atomic E-state index is 12.3. The maximum absolute atomic E-state index is 12.3. The van der Waals surface area contributed by atoms with E-state index in [-0.39, 0.29) is 24.1 Å². The molecule has 0 spiro atoms. The highest BCUT2D eigenvalue weighted by Gasteiger charge is 2.26. The van der Waals surface area contributed by atoms with E-state index in [1.807, 2.05) is 20.8 Å². The first-order valence-corrected chi connectivity index (χ1v) is 6.93. The van der Waals surface area contributed by atoms with E-state index >= 15 is 0 Å². The van der Waals surface area contributed by atoms with Crippen molar-refractivity contribution in [3.8, 4) is 0 Å². The summed E-state index contributed by atoms with van der Waals surface area (Å²) in [4.78, 5) is 29.7. The van der Waals surface area contributed by atoms with Gasteiger partial charge < -0.3 is 14.1 Å². The van der Waals surface area contributed by atoms with E-state index in [0.717, 1.165) is 0 Å². The molecule has 1 atom stereocenters. The Morgan fingerprint density at radius 1 is 1.33 bits per heavy atom. The molecule has 0 fully saturated rings. The number of amides is 1. The Balaban J connectivity index is 2.68. The van der Waals surface area contributed by atoms with Gasteiger partial charge in [-0.05, 0) is 27.7 Å². The second-order valence-electron chi connectivity index (χ2n) is 6.26. The van der Waals surface area contributed by atoms with Crippen molar-refractivity contribution in [2.45, 2.75) is 47.1 Å². The van der Waals surface area contributed by atoms with Crippen molar-refractivity contribution in [2.75, 3.05) is 13.6 Å². The lowest BCUT2D eigenvalue weighted by molar-refractivity contribution is -0.159. The van der Waals surface area contributed by atoms with Crippen LogP contribution in [-0.2, 0) is 9.53 Å². The monoisotopic (exact) mass is 296 g/mol. The molecule has 1 heterocycles. The van der Waals surface area contributed by atoms with Crippen molar-refractivity contribution < 1.29 is 18.7 Å². The van der Waals surface area contributed by atoms with Crippen molar-refractivity contribution in [2.24, 2.45) is 5.92 Å². The van der Waals surface area contributed by atoms with Gasteiger partial charge in [-0.1, -0.05) is 6.92 Å². The molecule has 0 N–H and O–H groups in total. The molecule has 1 unspecified atom stereocenters. The molecular formula is C15H24N2O4. The zero-order valence-electron chi connectivity index (χ0n) is 13.8. The number of ether oxygens (including phenoxy) is 1. The number of aryl methyl sites for hydroxylation is 2. The van der Waals surface area contributed by atoms with Gasteiger partial charge >= 0.3 is 5.97 Å². The maximum Gasteiger partial charge on any atom is 0.310 e. The fourth-order valence-electron chi connectivity index (χ4n) is 1.88. The Morgan fingerprint density at radius 3 is 2.33 bits per heavy atom. The van der Waals surface area contributed by atoms with Gasteiger partial charge in [-0.15, -0.1) is 0 Å². The molecule has 0 aliphatic heterocycles. The minimum absolute atomic E-state index is 0.263. The smallest absolute Gasteiger partial charge is 0.310 e. The van der Waals surface area contributed by atoms with E-state index in [9.17, 15) is 9.59 Å². The number of hydrogen-bond acceptors (Lipinski definition) is 5. The van der Waals surface area contributed by atoms with Crippen LogP contribution in [-0.4, -0.2) is 41.0 Å². The molecule has 0 aromatic carbocycles. The van der Waals surface area contributed by atoms with Crippen LogP contribution in [0.2, 0.25) is 0 Å². The highest BCUT2D eigenvalue weighted by molar-refractivity contribution is 5.93. The van der Waals surface area contributed by atoms with Gasteiger partial charge in [0, 0.05) is 20.5 Å². The molecule has 0 aliphatic rings. The van der Waals surface area contributed by atoms with Gasteiger partial charge in [0.05, 0.1) is 5.92 Å². The summed E-state index contributed by atoms with van der Waals surface area (Å²) < 4.78 is 10.6. The molecule has 1 amide bonds. The minimum atomic E-state index is -0.534. The average molecular weight is 296 g/mol. The molecule has 0 saturated heterocycles. The summed E-state index contributed by atoms with van der Waals surface area (Å²) in [6, 6.07) is 0.